The molecule has 0 saturated heterocycles. The molecule has 0 aromatic heterocycles. The Bertz CT molecular complexity index is 131. The summed E-state index contributed by atoms with van der Waals surface area (Å²) < 4.78 is 0. The van der Waals surface area contributed by atoms with Gasteiger partial charge in [0.1, 0.15) is 0 Å². The molecule has 0 aliphatic heterocycles. The molecule has 1 saturated carbocycles. The molecule has 1 aliphatic carbocycles. The van der Waals surface area contributed by atoms with Gasteiger partial charge in [0.15, 0.2) is 0 Å². The van der Waals surface area contributed by atoms with E-state index >= 15 is 0 Å². The van der Waals surface area contributed by atoms with Crippen LogP contribution in [0.2, 0.25) is 0 Å². The smallest absolute Gasteiger partial charge is 0.0484 e. The summed E-state index contributed by atoms with van der Waals surface area (Å²) in [7, 11) is 0. The first-order valence-corrected chi connectivity index (χ1v) is 4.68. The van der Waals surface area contributed by atoms with Crippen molar-refractivity contribution in [2.24, 2.45) is 17.3 Å². The first kappa shape index (κ1) is 9.05. The van der Waals surface area contributed by atoms with Gasteiger partial charge in [0.05, 0.1) is 0 Å². The molecule has 2 atom stereocenters. The standard InChI is InChI=1S/C10H20O/c1-8(2)9-4-5-10(3,6-9)7-11/h8-9,11H,4-7H2,1-3H3/t9-,10-/m1/s1. The second-order valence-electron chi connectivity index (χ2n) is 4.72. The van der Waals surface area contributed by atoms with Crippen molar-refractivity contribution in [2.45, 2.75) is 40.0 Å². The minimum absolute atomic E-state index is 0.245. The highest BCUT2D eigenvalue weighted by molar-refractivity contribution is 4.86. The molecule has 1 aliphatic rings. The van der Waals surface area contributed by atoms with Crippen molar-refractivity contribution in [3.63, 3.8) is 0 Å². The van der Waals surface area contributed by atoms with E-state index in [-0.39, 0.29) is 5.41 Å². The van der Waals surface area contributed by atoms with Gasteiger partial charge in [-0.05, 0) is 36.5 Å². The van der Waals surface area contributed by atoms with Crippen molar-refractivity contribution in [1.82, 2.24) is 0 Å². The van der Waals surface area contributed by atoms with Gasteiger partial charge in [0.25, 0.3) is 0 Å². The SMILES string of the molecule is CC(C)[C@@H]1CC[C@@](C)(CO)C1. The normalized spacial score (nSPS) is 38.5. The molecule has 0 aromatic rings. The molecular formula is C10H20O. The molecule has 11 heavy (non-hydrogen) atoms. The van der Waals surface area contributed by atoms with Gasteiger partial charge in [-0.15, -0.1) is 0 Å². The molecule has 0 spiro atoms. The Morgan fingerprint density at radius 3 is 2.45 bits per heavy atom. The highest BCUT2D eigenvalue weighted by atomic mass is 16.3. The van der Waals surface area contributed by atoms with Gasteiger partial charge in [0, 0.05) is 6.61 Å². The minimum atomic E-state index is 0.245. The molecule has 1 nitrogen and oxygen atoms in total. The van der Waals surface area contributed by atoms with Crippen LogP contribution in [0.25, 0.3) is 0 Å². The topological polar surface area (TPSA) is 20.2 Å². The van der Waals surface area contributed by atoms with Crippen LogP contribution in [0.1, 0.15) is 40.0 Å². The molecule has 0 unspecified atom stereocenters. The van der Waals surface area contributed by atoms with Crippen LogP contribution in [0.15, 0.2) is 0 Å². The highest BCUT2D eigenvalue weighted by Gasteiger charge is 2.35. The number of rotatable bonds is 2. The monoisotopic (exact) mass is 156 g/mol. The van der Waals surface area contributed by atoms with Crippen LogP contribution in [0.4, 0.5) is 0 Å². The summed E-state index contributed by atoms with van der Waals surface area (Å²) >= 11 is 0. The fourth-order valence-corrected chi connectivity index (χ4v) is 2.08. The van der Waals surface area contributed by atoms with Crippen molar-refractivity contribution in [3.05, 3.63) is 0 Å². The number of hydrogen-bond donors (Lipinski definition) is 1. The molecule has 0 radical (unpaired) electrons. The van der Waals surface area contributed by atoms with E-state index in [0.29, 0.717) is 6.61 Å². The largest absolute Gasteiger partial charge is 0.396 e. The molecule has 1 rings (SSSR count). The predicted octanol–water partition coefficient (Wildman–Crippen LogP) is 2.44. The first-order valence-electron chi connectivity index (χ1n) is 4.68. The fourth-order valence-electron chi connectivity index (χ4n) is 2.08. The Balaban J connectivity index is 2.46. The lowest BCUT2D eigenvalue weighted by atomic mass is 9.86. The van der Waals surface area contributed by atoms with Crippen LogP contribution < -0.4 is 0 Å². The van der Waals surface area contributed by atoms with E-state index in [1.165, 1.54) is 19.3 Å². The molecule has 1 fully saturated rings. The quantitative estimate of drug-likeness (QED) is 0.651. The molecule has 66 valence electrons. The Kier molecular flexibility index (Phi) is 2.58. The maximum atomic E-state index is 9.12. The van der Waals surface area contributed by atoms with E-state index in [2.05, 4.69) is 20.8 Å². The van der Waals surface area contributed by atoms with E-state index < -0.39 is 0 Å². The van der Waals surface area contributed by atoms with Gasteiger partial charge in [0.2, 0.25) is 0 Å². The molecule has 0 bridgehead atoms. The van der Waals surface area contributed by atoms with E-state index in [9.17, 15) is 0 Å². The van der Waals surface area contributed by atoms with Crippen molar-refractivity contribution >= 4 is 0 Å². The third-order valence-corrected chi connectivity index (χ3v) is 3.20. The molecule has 1 heteroatoms. The van der Waals surface area contributed by atoms with Crippen LogP contribution >= 0.6 is 0 Å². The van der Waals surface area contributed by atoms with Gasteiger partial charge < -0.3 is 5.11 Å². The molecule has 0 heterocycles. The van der Waals surface area contributed by atoms with Crippen molar-refractivity contribution < 1.29 is 5.11 Å². The Labute approximate surface area is 69.8 Å². The van der Waals surface area contributed by atoms with Gasteiger partial charge >= 0.3 is 0 Å². The number of hydrogen-bond acceptors (Lipinski definition) is 1. The van der Waals surface area contributed by atoms with Gasteiger partial charge in [-0.1, -0.05) is 20.8 Å². The van der Waals surface area contributed by atoms with Gasteiger partial charge in [-0.25, -0.2) is 0 Å². The second-order valence-corrected chi connectivity index (χ2v) is 4.72. The average molecular weight is 156 g/mol. The average Bonchev–Trinajstić information content (AvgIpc) is 2.33. The summed E-state index contributed by atoms with van der Waals surface area (Å²) in [6.45, 7) is 7.15. The fraction of sp³-hybridized carbons (Fsp3) is 1.00. The molecular weight excluding hydrogens is 136 g/mol. The highest BCUT2D eigenvalue weighted by Crippen LogP contribution is 2.43. The maximum absolute atomic E-state index is 9.12. The number of aliphatic hydroxyl groups excluding tert-OH is 1. The summed E-state index contributed by atoms with van der Waals surface area (Å²) in [5, 5.41) is 9.12. The lowest BCUT2D eigenvalue weighted by Crippen LogP contribution is -2.17. The van der Waals surface area contributed by atoms with Gasteiger partial charge in [-0.2, -0.15) is 0 Å². The zero-order valence-corrected chi connectivity index (χ0v) is 7.93. The van der Waals surface area contributed by atoms with Crippen LogP contribution in [0, 0.1) is 17.3 Å². The summed E-state index contributed by atoms with van der Waals surface area (Å²) in [5.74, 6) is 1.65. The lowest BCUT2D eigenvalue weighted by molar-refractivity contribution is 0.140. The zero-order chi connectivity index (χ0) is 8.48. The second kappa shape index (κ2) is 3.14. The van der Waals surface area contributed by atoms with Crippen molar-refractivity contribution in [2.75, 3.05) is 6.61 Å². The van der Waals surface area contributed by atoms with E-state index in [1.54, 1.807) is 0 Å². The molecule has 0 amide bonds. The zero-order valence-electron chi connectivity index (χ0n) is 7.93. The predicted molar refractivity (Wildman–Crippen MR) is 47.4 cm³/mol. The Morgan fingerprint density at radius 2 is 2.18 bits per heavy atom. The van der Waals surface area contributed by atoms with E-state index in [4.69, 9.17) is 5.11 Å². The van der Waals surface area contributed by atoms with Crippen LogP contribution in [0.5, 0.6) is 0 Å². The number of aliphatic hydroxyl groups is 1. The van der Waals surface area contributed by atoms with Crippen LogP contribution in [-0.2, 0) is 0 Å². The van der Waals surface area contributed by atoms with Crippen molar-refractivity contribution in [1.29, 1.82) is 0 Å². The van der Waals surface area contributed by atoms with Crippen LogP contribution in [-0.4, -0.2) is 11.7 Å². The molecule has 1 N–H and O–H groups in total. The van der Waals surface area contributed by atoms with Gasteiger partial charge in [-0.3, -0.25) is 0 Å². The van der Waals surface area contributed by atoms with E-state index in [1.807, 2.05) is 0 Å². The summed E-state index contributed by atoms with van der Waals surface area (Å²) in [6.07, 6.45) is 3.75. The van der Waals surface area contributed by atoms with Crippen molar-refractivity contribution in [3.8, 4) is 0 Å². The Morgan fingerprint density at radius 1 is 1.55 bits per heavy atom. The summed E-state index contributed by atoms with van der Waals surface area (Å²) in [6, 6.07) is 0. The first-order chi connectivity index (χ1) is 5.07. The Hall–Kier alpha value is -0.0400. The molecule has 0 aromatic carbocycles. The minimum Gasteiger partial charge on any atom is -0.396 e. The maximum Gasteiger partial charge on any atom is 0.0484 e. The van der Waals surface area contributed by atoms with E-state index in [0.717, 1.165) is 11.8 Å². The third kappa shape index (κ3) is 1.96. The van der Waals surface area contributed by atoms with Crippen LogP contribution in [0.3, 0.4) is 0 Å². The summed E-state index contributed by atoms with van der Waals surface area (Å²) in [4.78, 5) is 0. The summed E-state index contributed by atoms with van der Waals surface area (Å²) in [5.41, 5.74) is 0.245. The lowest BCUT2D eigenvalue weighted by Gasteiger charge is -2.21. The third-order valence-electron chi connectivity index (χ3n) is 3.20.